The lowest BCUT2D eigenvalue weighted by atomic mass is 9.98. The zero-order valence-corrected chi connectivity index (χ0v) is 13.9. The molecule has 0 saturated heterocycles. The van der Waals surface area contributed by atoms with E-state index < -0.39 is 0 Å². The Bertz CT molecular complexity index is 493. The second-order valence-electron chi connectivity index (χ2n) is 6.18. The fourth-order valence-electron chi connectivity index (χ4n) is 2.75. The SMILES string of the molecule is Cc1ccc(NC(N)=NCCCOC2CCCCC2)cc1C. The molecule has 22 heavy (non-hydrogen) atoms. The van der Waals surface area contributed by atoms with E-state index in [-0.39, 0.29) is 0 Å². The average molecular weight is 303 g/mol. The van der Waals surface area contributed by atoms with E-state index in [4.69, 9.17) is 10.5 Å². The van der Waals surface area contributed by atoms with Gasteiger partial charge in [0.05, 0.1) is 6.10 Å². The summed E-state index contributed by atoms with van der Waals surface area (Å²) in [6, 6.07) is 6.20. The van der Waals surface area contributed by atoms with E-state index in [1.807, 2.05) is 6.07 Å². The molecule has 0 aromatic heterocycles. The molecule has 122 valence electrons. The lowest BCUT2D eigenvalue weighted by Crippen LogP contribution is -2.23. The molecule has 1 saturated carbocycles. The van der Waals surface area contributed by atoms with Gasteiger partial charge in [-0.05, 0) is 56.4 Å². The number of rotatable bonds is 6. The van der Waals surface area contributed by atoms with Gasteiger partial charge < -0.3 is 15.8 Å². The molecule has 1 fully saturated rings. The van der Waals surface area contributed by atoms with Crippen LogP contribution in [0.2, 0.25) is 0 Å². The fourth-order valence-corrected chi connectivity index (χ4v) is 2.75. The maximum atomic E-state index is 5.92. The van der Waals surface area contributed by atoms with Crippen molar-refractivity contribution in [3.8, 4) is 0 Å². The number of benzene rings is 1. The number of guanidine groups is 1. The van der Waals surface area contributed by atoms with Crippen LogP contribution in [0.3, 0.4) is 0 Å². The molecule has 0 unspecified atom stereocenters. The number of nitrogens with zero attached hydrogens (tertiary/aromatic N) is 1. The Kier molecular flexibility index (Phi) is 6.72. The predicted octanol–water partition coefficient (Wildman–Crippen LogP) is 3.77. The largest absolute Gasteiger partial charge is 0.378 e. The van der Waals surface area contributed by atoms with Crippen LogP contribution >= 0.6 is 0 Å². The molecule has 2 rings (SSSR count). The molecule has 4 nitrogen and oxygen atoms in total. The van der Waals surface area contributed by atoms with E-state index in [0.29, 0.717) is 18.6 Å². The monoisotopic (exact) mass is 303 g/mol. The van der Waals surface area contributed by atoms with Gasteiger partial charge in [0.25, 0.3) is 0 Å². The lowest BCUT2D eigenvalue weighted by molar-refractivity contribution is 0.0281. The van der Waals surface area contributed by atoms with Crippen LogP contribution in [0, 0.1) is 13.8 Å². The van der Waals surface area contributed by atoms with Crippen LogP contribution < -0.4 is 11.1 Å². The molecule has 0 spiro atoms. The first-order valence-electron chi connectivity index (χ1n) is 8.41. The van der Waals surface area contributed by atoms with Crippen LogP contribution in [-0.4, -0.2) is 25.2 Å². The maximum Gasteiger partial charge on any atom is 0.193 e. The highest BCUT2D eigenvalue weighted by Gasteiger charge is 2.12. The van der Waals surface area contributed by atoms with E-state index in [2.05, 4.69) is 36.3 Å². The molecule has 0 aliphatic heterocycles. The van der Waals surface area contributed by atoms with Gasteiger partial charge in [0.2, 0.25) is 0 Å². The van der Waals surface area contributed by atoms with Crippen LogP contribution in [0.25, 0.3) is 0 Å². The van der Waals surface area contributed by atoms with Gasteiger partial charge in [0.1, 0.15) is 0 Å². The van der Waals surface area contributed by atoms with Crippen molar-refractivity contribution in [2.45, 2.75) is 58.5 Å². The Hall–Kier alpha value is -1.55. The molecule has 1 aromatic rings. The Balaban J connectivity index is 1.65. The van der Waals surface area contributed by atoms with E-state index >= 15 is 0 Å². The van der Waals surface area contributed by atoms with Gasteiger partial charge in [-0.15, -0.1) is 0 Å². The van der Waals surface area contributed by atoms with Gasteiger partial charge in [-0.3, -0.25) is 4.99 Å². The summed E-state index contributed by atoms with van der Waals surface area (Å²) in [6.45, 7) is 5.68. The number of hydrogen-bond donors (Lipinski definition) is 2. The van der Waals surface area contributed by atoms with Gasteiger partial charge in [-0.25, -0.2) is 0 Å². The topological polar surface area (TPSA) is 59.6 Å². The number of ether oxygens (including phenoxy) is 1. The van der Waals surface area contributed by atoms with Crippen molar-refractivity contribution in [3.05, 3.63) is 29.3 Å². The second-order valence-corrected chi connectivity index (χ2v) is 6.18. The average Bonchev–Trinajstić information content (AvgIpc) is 2.52. The van der Waals surface area contributed by atoms with E-state index in [9.17, 15) is 0 Å². The van der Waals surface area contributed by atoms with Gasteiger partial charge in [0, 0.05) is 18.8 Å². The molecule has 3 N–H and O–H groups in total. The second kappa shape index (κ2) is 8.79. The third-order valence-corrected chi connectivity index (χ3v) is 4.27. The van der Waals surface area contributed by atoms with Crippen LogP contribution in [0.15, 0.2) is 23.2 Å². The first kappa shape index (κ1) is 16.8. The minimum atomic E-state index is 0.473. The van der Waals surface area contributed by atoms with Crippen molar-refractivity contribution in [1.29, 1.82) is 0 Å². The van der Waals surface area contributed by atoms with Gasteiger partial charge in [0.15, 0.2) is 5.96 Å². The number of aryl methyl sites for hydroxylation is 2. The third-order valence-electron chi connectivity index (χ3n) is 4.27. The standard InChI is InChI=1S/C18H29N3O/c1-14-9-10-16(13-15(14)2)21-18(19)20-11-6-12-22-17-7-4-3-5-8-17/h9-10,13,17H,3-8,11-12H2,1-2H3,(H3,19,20,21). The Morgan fingerprint density at radius 3 is 2.73 bits per heavy atom. The summed E-state index contributed by atoms with van der Waals surface area (Å²) >= 11 is 0. The Labute approximate surface area is 134 Å². The van der Waals surface area contributed by atoms with E-state index in [0.717, 1.165) is 18.7 Å². The minimum absolute atomic E-state index is 0.473. The van der Waals surface area contributed by atoms with Crippen molar-refractivity contribution in [2.24, 2.45) is 10.7 Å². The lowest BCUT2D eigenvalue weighted by Gasteiger charge is -2.21. The molecule has 0 amide bonds. The zero-order valence-electron chi connectivity index (χ0n) is 13.9. The molecule has 0 atom stereocenters. The molecule has 0 bridgehead atoms. The number of hydrogen-bond acceptors (Lipinski definition) is 2. The van der Waals surface area contributed by atoms with Crippen LogP contribution in [0.5, 0.6) is 0 Å². The summed E-state index contributed by atoms with van der Waals surface area (Å²) in [4.78, 5) is 4.36. The molecule has 1 aliphatic rings. The first-order valence-corrected chi connectivity index (χ1v) is 8.41. The Morgan fingerprint density at radius 1 is 1.23 bits per heavy atom. The normalized spacial score (nSPS) is 16.7. The van der Waals surface area contributed by atoms with E-state index in [1.165, 1.54) is 43.2 Å². The molecule has 1 aliphatic carbocycles. The van der Waals surface area contributed by atoms with Crippen molar-refractivity contribution in [1.82, 2.24) is 0 Å². The number of anilines is 1. The summed E-state index contributed by atoms with van der Waals surface area (Å²) in [5.41, 5.74) is 9.43. The highest BCUT2D eigenvalue weighted by molar-refractivity contribution is 5.92. The quantitative estimate of drug-likeness (QED) is 0.478. The van der Waals surface area contributed by atoms with Gasteiger partial charge >= 0.3 is 0 Å². The van der Waals surface area contributed by atoms with Crippen LogP contribution in [-0.2, 0) is 4.74 Å². The summed E-state index contributed by atoms with van der Waals surface area (Å²) in [5.74, 6) is 0.473. The van der Waals surface area contributed by atoms with Crippen molar-refractivity contribution >= 4 is 11.6 Å². The number of aliphatic imine (C=N–C) groups is 1. The van der Waals surface area contributed by atoms with Crippen LogP contribution in [0.4, 0.5) is 5.69 Å². The molecular formula is C18H29N3O. The smallest absolute Gasteiger partial charge is 0.193 e. The summed E-state index contributed by atoms with van der Waals surface area (Å²) < 4.78 is 5.88. The molecule has 0 radical (unpaired) electrons. The van der Waals surface area contributed by atoms with Crippen molar-refractivity contribution in [2.75, 3.05) is 18.5 Å². The fraction of sp³-hybridized carbons (Fsp3) is 0.611. The Morgan fingerprint density at radius 2 is 2.00 bits per heavy atom. The summed E-state index contributed by atoms with van der Waals surface area (Å²) in [7, 11) is 0. The summed E-state index contributed by atoms with van der Waals surface area (Å²) in [5, 5.41) is 3.14. The first-order chi connectivity index (χ1) is 10.6. The summed E-state index contributed by atoms with van der Waals surface area (Å²) in [6.07, 6.45) is 7.84. The molecule has 1 aromatic carbocycles. The van der Waals surface area contributed by atoms with Crippen LogP contribution in [0.1, 0.15) is 49.7 Å². The van der Waals surface area contributed by atoms with Crippen molar-refractivity contribution < 1.29 is 4.74 Å². The molecule has 4 heteroatoms. The molecule has 0 heterocycles. The van der Waals surface area contributed by atoms with Gasteiger partial charge in [-0.2, -0.15) is 0 Å². The molecular weight excluding hydrogens is 274 g/mol. The predicted molar refractivity (Wildman–Crippen MR) is 93.5 cm³/mol. The highest BCUT2D eigenvalue weighted by atomic mass is 16.5. The number of nitrogens with two attached hydrogens (primary N) is 1. The third kappa shape index (κ3) is 5.68. The number of nitrogens with one attached hydrogen (secondary N) is 1. The van der Waals surface area contributed by atoms with Gasteiger partial charge in [-0.1, -0.05) is 25.3 Å². The zero-order chi connectivity index (χ0) is 15.8. The minimum Gasteiger partial charge on any atom is -0.378 e. The van der Waals surface area contributed by atoms with Crippen molar-refractivity contribution in [3.63, 3.8) is 0 Å². The maximum absolute atomic E-state index is 5.92. The highest BCUT2D eigenvalue weighted by Crippen LogP contribution is 2.20. The van der Waals surface area contributed by atoms with E-state index in [1.54, 1.807) is 0 Å².